The third-order valence-electron chi connectivity index (χ3n) is 4.21. The van der Waals surface area contributed by atoms with Crippen LogP contribution < -0.4 is 0 Å². The minimum Gasteiger partial charge on any atom is -0.338 e. The molecule has 2 heterocycles. The summed E-state index contributed by atoms with van der Waals surface area (Å²) in [4.78, 5) is 30.0. The van der Waals surface area contributed by atoms with Crippen LogP contribution in [-0.2, 0) is 11.3 Å². The summed E-state index contributed by atoms with van der Waals surface area (Å²) in [5.41, 5.74) is 1.58. The van der Waals surface area contributed by atoms with Gasteiger partial charge in [-0.25, -0.2) is 4.98 Å². The van der Waals surface area contributed by atoms with Gasteiger partial charge in [0.15, 0.2) is 12.1 Å². The molecule has 0 radical (unpaired) electrons. The molecule has 2 aromatic rings. The Hall–Kier alpha value is -2.17. The largest absolute Gasteiger partial charge is 0.338 e. The van der Waals surface area contributed by atoms with Gasteiger partial charge in [-0.2, -0.15) is 0 Å². The zero-order valence-corrected chi connectivity index (χ0v) is 12.2. The van der Waals surface area contributed by atoms with E-state index in [1.54, 1.807) is 4.57 Å². The predicted molar refractivity (Wildman–Crippen MR) is 80.1 cm³/mol. The summed E-state index contributed by atoms with van der Waals surface area (Å²) in [6.45, 7) is 3.08. The van der Waals surface area contributed by atoms with Crippen molar-refractivity contribution in [1.82, 2.24) is 14.5 Å². The van der Waals surface area contributed by atoms with E-state index in [-0.39, 0.29) is 18.5 Å². The van der Waals surface area contributed by atoms with Crippen molar-refractivity contribution in [1.29, 1.82) is 0 Å². The molecule has 0 N–H and O–H groups in total. The summed E-state index contributed by atoms with van der Waals surface area (Å²) in [5.74, 6) is 0.377. The fraction of sp³-hybridized carbons (Fsp3) is 0.438. The summed E-state index contributed by atoms with van der Waals surface area (Å²) in [5, 5.41) is 0. The lowest BCUT2D eigenvalue weighted by Crippen LogP contribution is -2.43. The zero-order valence-electron chi connectivity index (χ0n) is 12.2. The number of hydrogen-bond acceptors (Lipinski definition) is 3. The Balaban J connectivity index is 1.90. The lowest BCUT2D eigenvalue weighted by atomic mass is 10.0. The SMILES string of the molecule is C[C@H]1CCCCN1C(=O)Cn1c(C=O)nc2ccccc21. The first-order chi connectivity index (χ1) is 10.2. The minimum absolute atomic E-state index is 0.0634. The molecular formula is C16H19N3O2. The van der Waals surface area contributed by atoms with E-state index >= 15 is 0 Å². The number of benzene rings is 1. The van der Waals surface area contributed by atoms with E-state index in [1.165, 1.54) is 6.42 Å². The van der Waals surface area contributed by atoms with Crippen molar-refractivity contribution < 1.29 is 9.59 Å². The molecule has 0 aliphatic carbocycles. The van der Waals surface area contributed by atoms with Gasteiger partial charge in [0.25, 0.3) is 0 Å². The summed E-state index contributed by atoms with van der Waals surface area (Å²) in [6.07, 6.45) is 4.00. The Morgan fingerprint density at radius 3 is 2.95 bits per heavy atom. The second-order valence-electron chi connectivity index (χ2n) is 5.59. The molecule has 3 rings (SSSR count). The summed E-state index contributed by atoms with van der Waals surface area (Å²) in [6, 6.07) is 7.79. The van der Waals surface area contributed by atoms with Crippen molar-refractivity contribution in [3.8, 4) is 0 Å². The Bertz CT molecular complexity index is 677. The molecule has 110 valence electrons. The highest BCUT2D eigenvalue weighted by Crippen LogP contribution is 2.19. The standard InChI is InChI=1S/C16H19N3O2/c1-12-6-4-5-9-18(12)16(21)10-19-14-8-3-2-7-13(14)17-15(19)11-20/h2-3,7-8,11-12H,4-6,9-10H2,1H3/t12-/m0/s1. The number of piperidine rings is 1. The number of hydrogen-bond donors (Lipinski definition) is 0. The smallest absolute Gasteiger partial charge is 0.242 e. The number of rotatable bonds is 3. The first kappa shape index (κ1) is 13.8. The van der Waals surface area contributed by atoms with Gasteiger partial charge in [-0.15, -0.1) is 0 Å². The molecule has 1 atom stereocenters. The van der Waals surface area contributed by atoms with E-state index in [4.69, 9.17) is 0 Å². The molecule has 21 heavy (non-hydrogen) atoms. The maximum atomic E-state index is 12.5. The molecule has 1 aliphatic heterocycles. The molecule has 0 unspecified atom stereocenters. The zero-order chi connectivity index (χ0) is 14.8. The molecular weight excluding hydrogens is 266 g/mol. The van der Waals surface area contributed by atoms with E-state index in [0.717, 1.165) is 30.4 Å². The van der Waals surface area contributed by atoms with Gasteiger partial charge in [-0.05, 0) is 38.3 Å². The Kier molecular flexibility index (Phi) is 3.73. The predicted octanol–water partition coefficient (Wildman–Crippen LogP) is 2.25. The number of carbonyl (C=O) groups is 2. The maximum absolute atomic E-state index is 12.5. The van der Waals surface area contributed by atoms with Crippen molar-refractivity contribution in [2.45, 2.75) is 38.8 Å². The van der Waals surface area contributed by atoms with E-state index in [2.05, 4.69) is 11.9 Å². The third-order valence-corrected chi connectivity index (χ3v) is 4.21. The van der Waals surface area contributed by atoms with Crippen LogP contribution in [0, 0.1) is 0 Å². The number of likely N-dealkylation sites (tertiary alicyclic amines) is 1. The van der Waals surface area contributed by atoms with Gasteiger partial charge in [0.2, 0.25) is 5.91 Å². The Morgan fingerprint density at radius 1 is 1.38 bits per heavy atom. The first-order valence-electron chi connectivity index (χ1n) is 7.40. The molecule has 0 saturated carbocycles. The molecule has 1 saturated heterocycles. The van der Waals surface area contributed by atoms with Crippen LogP contribution in [0.5, 0.6) is 0 Å². The van der Waals surface area contributed by atoms with E-state index in [0.29, 0.717) is 12.1 Å². The van der Waals surface area contributed by atoms with Crippen LogP contribution in [0.2, 0.25) is 0 Å². The molecule has 1 aromatic carbocycles. The number of para-hydroxylation sites is 2. The monoisotopic (exact) mass is 285 g/mol. The molecule has 1 aliphatic rings. The second kappa shape index (κ2) is 5.68. The van der Waals surface area contributed by atoms with E-state index < -0.39 is 0 Å². The van der Waals surface area contributed by atoms with E-state index in [1.807, 2.05) is 29.2 Å². The fourth-order valence-corrected chi connectivity index (χ4v) is 3.04. The number of aldehydes is 1. The third kappa shape index (κ3) is 2.55. The van der Waals surface area contributed by atoms with Crippen LogP contribution in [-0.4, -0.2) is 39.2 Å². The van der Waals surface area contributed by atoms with Gasteiger partial charge in [-0.1, -0.05) is 12.1 Å². The van der Waals surface area contributed by atoms with Crippen LogP contribution in [0.1, 0.15) is 36.8 Å². The molecule has 0 spiro atoms. The van der Waals surface area contributed by atoms with Crippen molar-refractivity contribution in [2.24, 2.45) is 0 Å². The van der Waals surface area contributed by atoms with Crippen LogP contribution >= 0.6 is 0 Å². The average Bonchev–Trinajstić information content (AvgIpc) is 2.86. The topological polar surface area (TPSA) is 55.2 Å². The summed E-state index contributed by atoms with van der Waals surface area (Å²) in [7, 11) is 0. The van der Waals surface area contributed by atoms with Crippen LogP contribution in [0.4, 0.5) is 0 Å². The molecule has 5 heteroatoms. The van der Waals surface area contributed by atoms with Crippen molar-refractivity contribution in [2.75, 3.05) is 6.54 Å². The van der Waals surface area contributed by atoms with Crippen molar-refractivity contribution in [3.05, 3.63) is 30.1 Å². The number of aromatic nitrogens is 2. The quantitative estimate of drug-likeness (QED) is 0.813. The number of imidazole rings is 1. The van der Waals surface area contributed by atoms with Gasteiger partial charge in [0, 0.05) is 12.6 Å². The molecule has 5 nitrogen and oxygen atoms in total. The second-order valence-corrected chi connectivity index (χ2v) is 5.59. The lowest BCUT2D eigenvalue weighted by Gasteiger charge is -2.33. The van der Waals surface area contributed by atoms with E-state index in [9.17, 15) is 9.59 Å². The van der Waals surface area contributed by atoms with Crippen molar-refractivity contribution in [3.63, 3.8) is 0 Å². The van der Waals surface area contributed by atoms with Crippen LogP contribution in [0.15, 0.2) is 24.3 Å². The Morgan fingerprint density at radius 2 is 2.19 bits per heavy atom. The lowest BCUT2D eigenvalue weighted by molar-refractivity contribution is -0.135. The van der Waals surface area contributed by atoms with Gasteiger partial charge >= 0.3 is 0 Å². The molecule has 1 aromatic heterocycles. The number of carbonyl (C=O) groups excluding carboxylic acids is 2. The number of fused-ring (bicyclic) bond motifs is 1. The highest BCUT2D eigenvalue weighted by Gasteiger charge is 2.24. The van der Waals surface area contributed by atoms with Gasteiger partial charge in [-0.3, -0.25) is 9.59 Å². The molecule has 1 fully saturated rings. The highest BCUT2D eigenvalue weighted by atomic mass is 16.2. The maximum Gasteiger partial charge on any atom is 0.242 e. The first-order valence-corrected chi connectivity index (χ1v) is 7.40. The minimum atomic E-state index is 0.0634. The van der Waals surface area contributed by atoms with Crippen LogP contribution in [0.25, 0.3) is 11.0 Å². The van der Waals surface area contributed by atoms with Crippen molar-refractivity contribution >= 4 is 23.2 Å². The van der Waals surface area contributed by atoms with Crippen LogP contribution in [0.3, 0.4) is 0 Å². The molecule has 1 amide bonds. The highest BCUT2D eigenvalue weighted by molar-refractivity contribution is 5.86. The fourth-order valence-electron chi connectivity index (χ4n) is 3.04. The summed E-state index contributed by atoms with van der Waals surface area (Å²) < 4.78 is 1.71. The van der Waals surface area contributed by atoms with Gasteiger partial charge in [0.1, 0.15) is 6.54 Å². The van der Waals surface area contributed by atoms with Gasteiger partial charge < -0.3 is 9.47 Å². The number of amides is 1. The average molecular weight is 285 g/mol. The molecule has 0 bridgehead atoms. The number of nitrogens with zero attached hydrogens (tertiary/aromatic N) is 3. The normalized spacial score (nSPS) is 18.9. The van der Waals surface area contributed by atoms with Gasteiger partial charge in [0.05, 0.1) is 11.0 Å². The Labute approximate surface area is 123 Å². The summed E-state index contributed by atoms with van der Waals surface area (Å²) >= 11 is 0.